The van der Waals surface area contributed by atoms with Gasteiger partial charge in [0.15, 0.2) is 0 Å². The molecule has 8 aliphatic rings. The number of carbonyl (C=O) groups excluding carboxylic acids is 8. The van der Waals surface area contributed by atoms with Crippen LogP contribution in [0.4, 0.5) is 94.6 Å². The van der Waals surface area contributed by atoms with E-state index in [1.54, 1.807) is 43.0 Å². The summed E-state index contributed by atoms with van der Waals surface area (Å²) in [5, 5.41) is 14.2. The number of hydrogen-bond donors (Lipinski definition) is 0. The van der Waals surface area contributed by atoms with Crippen LogP contribution in [0.2, 0.25) is 0 Å². The van der Waals surface area contributed by atoms with Crippen molar-refractivity contribution >= 4 is 292 Å². The monoisotopic (exact) mass is 2370 g/mol. The molecular weight excluding hydrogens is 2290 g/mol. The van der Waals surface area contributed by atoms with E-state index in [1.807, 2.05) is 73.0 Å². The number of aromatic nitrogens is 1. The molecule has 676 valence electrons. The van der Waals surface area contributed by atoms with Crippen LogP contribution in [0.3, 0.4) is 0 Å². The fourth-order valence-corrected chi connectivity index (χ4v) is 34.0. The van der Waals surface area contributed by atoms with E-state index in [4.69, 9.17) is 4.98 Å². The van der Waals surface area contributed by atoms with Gasteiger partial charge in [0.2, 0.25) is 0 Å². The Hall–Kier alpha value is -14.4. The van der Waals surface area contributed by atoms with Gasteiger partial charge in [-0.15, -0.1) is 0 Å². The van der Waals surface area contributed by atoms with Crippen molar-refractivity contribution in [3.05, 3.63) is 470 Å². The van der Waals surface area contributed by atoms with E-state index >= 15 is 0 Å². The molecule has 142 heavy (non-hydrogen) atoms. The van der Waals surface area contributed by atoms with E-state index in [9.17, 15) is 38.4 Å². The quantitative estimate of drug-likeness (QED) is 0.0719. The number of rotatable bonds is 10. The van der Waals surface area contributed by atoms with Gasteiger partial charge >= 0.3 is 880 Å². The number of pyridine rings is 1. The number of para-hydroxylation sites is 12. The van der Waals surface area contributed by atoms with E-state index in [1.165, 1.54) is 105 Å². The summed E-state index contributed by atoms with van der Waals surface area (Å²) in [6, 6.07) is 118. The number of carbonyl (C=O) groups is 8. The number of fused-ring (bicyclic) bond motifs is 18. The summed E-state index contributed by atoms with van der Waals surface area (Å²) in [6.45, 7) is 0. The van der Waals surface area contributed by atoms with Crippen molar-refractivity contribution in [3.63, 3.8) is 0 Å². The molecule has 0 N–H and O–H groups in total. The molecule has 0 saturated carbocycles. The third-order valence-corrected chi connectivity index (χ3v) is 40.6. The van der Waals surface area contributed by atoms with Gasteiger partial charge < -0.3 is 0 Å². The van der Waals surface area contributed by atoms with Crippen LogP contribution in [0.15, 0.2) is 411 Å². The van der Waals surface area contributed by atoms with Crippen molar-refractivity contribution in [2.24, 2.45) is 0 Å². The number of thiophene rings is 4. The molecule has 20 aromatic rings. The van der Waals surface area contributed by atoms with E-state index in [0.29, 0.717) is 61.2 Å². The molecule has 4 aliphatic carbocycles. The van der Waals surface area contributed by atoms with E-state index in [0.717, 1.165) is 94.1 Å². The average Bonchev–Trinajstić information content (AvgIpc) is 0.876. The van der Waals surface area contributed by atoms with Crippen LogP contribution >= 0.6 is 45.3 Å². The summed E-state index contributed by atoms with van der Waals surface area (Å²) in [7, 11) is 0. The van der Waals surface area contributed by atoms with Crippen LogP contribution in [0.25, 0.3) is 68.8 Å². The third-order valence-electron chi connectivity index (χ3n) is 26.0. The van der Waals surface area contributed by atoms with Gasteiger partial charge in [0, 0.05) is 0 Å². The Kier molecular flexibility index (Phi) is 23.3. The maximum atomic E-state index is 12.8. The molecule has 13 heterocycles. The zero-order valence-corrected chi connectivity index (χ0v) is 87.1. The molecule has 28 rings (SSSR count). The number of nitrogens with zero attached hydrogens (tertiary/aromatic N) is 7. The zero-order chi connectivity index (χ0) is 95.5. The predicted molar refractivity (Wildman–Crippen MR) is 579 cm³/mol. The second kappa shape index (κ2) is 37.2. The molecule has 0 saturated heterocycles. The molecule has 0 fully saturated rings. The van der Waals surface area contributed by atoms with Gasteiger partial charge in [0.1, 0.15) is 0 Å². The van der Waals surface area contributed by atoms with E-state index < -0.39 is 81.7 Å². The fourth-order valence-electron chi connectivity index (χ4n) is 19.6. The molecule has 11 aromatic carbocycles. The Labute approximate surface area is 870 Å². The predicted octanol–water partition coefficient (Wildman–Crippen LogP) is 29.2. The minimum absolute atomic E-state index is 0.144. The molecule has 9 aromatic heterocycles. The third kappa shape index (κ3) is 15.4. The van der Waals surface area contributed by atoms with E-state index in [2.05, 4.69) is 327 Å². The number of anilines is 18. The number of hydrogen-bond acceptors (Lipinski definition) is 19. The summed E-state index contributed by atoms with van der Waals surface area (Å²) in [6.07, 6.45) is 9.14. The number of allylic oxidation sites excluding steroid dienone is 4. The van der Waals surface area contributed by atoms with Crippen molar-refractivity contribution in [1.82, 2.24) is 4.98 Å². The molecule has 0 atom stereocenters. The van der Waals surface area contributed by atoms with Crippen LogP contribution < -0.4 is 29.4 Å². The fraction of sp³-hybridized carbons (Fsp3) is 0. The Morgan fingerprint density at radius 3 is 0.662 bits per heavy atom. The van der Waals surface area contributed by atoms with Crippen molar-refractivity contribution in [3.8, 4) is 44.5 Å². The second-order valence-electron chi connectivity index (χ2n) is 34.0. The van der Waals surface area contributed by atoms with Crippen molar-refractivity contribution in [2.75, 3.05) is 29.4 Å². The molecule has 23 heteroatoms. The Morgan fingerprint density at radius 2 is 0.387 bits per heavy atom. The van der Waals surface area contributed by atoms with Crippen molar-refractivity contribution in [2.45, 2.75) is 0 Å². The Bertz CT molecular complexity index is 7980. The zero-order valence-electron chi connectivity index (χ0n) is 74.5. The van der Waals surface area contributed by atoms with E-state index in [-0.39, 0.29) is 51.8 Å². The standard InChI is InChI=1S/C30H18N2O2STe.2C30H17NO2STe.C29H17N3O2STe/c33-29-21(30(34)23-18-35-17-22(23)29)16-20-14-15-28(36-20)32-26-12-6-4-10-24(26)31(19-8-2-1-3-9-19)25-11-5-7-13-27(25)32;2*32-29-23(30(33)25-17-34-16-24(25)29)15-18-13-14-28(35-18)31-26-11-5-3-9-21(26)19-7-1-2-8-20(19)22-10-4-6-12-27(22)31;33-27-20(28(34)22-17-35-16-21(22)27)15-19-12-13-26(36-19)32-24-10-5-4-9-23(24)31(18-7-2-1-3-8-18)25-11-6-14-30-29(25)32/h1-18H;2*1-17H;1-17H. The molecular formula is C119H69N7O8S4Te4. The van der Waals surface area contributed by atoms with Gasteiger partial charge in [0.05, 0.1) is 0 Å². The SMILES string of the molecule is O=C1C(=Cc2ccc(N3c4ccccc4-c4ccccc4-c4ccccc43)[te]2)C(=O)c2cscc21.O=C1C(=Cc2ccc(N3c4ccccc4-c4ccccc4-c4ccccc43)[te]2)C(=O)c2cscc21.O=C1C(=Cc2ccc(N3c4ccccc4N(c4ccccc4)c4ccccc43)[te]2)C(=O)c2cscc21.O=C1C(=Cc2ccc(N3c4ccccc4N(c4ccccc4)c4cccnc43)[te]2)C(=O)c2cscc21. The van der Waals surface area contributed by atoms with Gasteiger partial charge in [-0.3, -0.25) is 0 Å². The number of ketones is 8. The van der Waals surface area contributed by atoms with Crippen molar-refractivity contribution in [1.29, 1.82) is 0 Å². The molecule has 0 unspecified atom stereocenters. The molecule has 0 spiro atoms. The first-order valence-electron chi connectivity index (χ1n) is 45.4. The first-order chi connectivity index (χ1) is 69.8. The average molecular weight is 2360 g/mol. The van der Waals surface area contributed by atoms with Gasteiger partial charge in [-0.25, -0.2) is 0 Å². The molecule has 0 radical (unpaired) electrons. The summed E-state index contributed by atoms with van der Waals surface area (Å²) < 4.78 is 9.19. The Morgan fingerprint density at radius 1 is 0.183 bits per heavy atom. The van der Waals surface area contributed by atoms with Gasteiger partial charge in [-0.2, -0.15) is 0 Å². The van der Waals surface area contributed by atoms with Gasteiger partial charge in [-0.05, 0) is 0 Å². The summed E-state index contributed by atoms with van der Waals surface area (Å²) in [5.74, 6) is -0.325. The maximum absolute atomic E-state index is 12.8. The van der Waals surface area contributed by atoms with Gasteiger partial charge in [0.25, 0.3) is 0 Å². The van der Waals surface area contributed by atoms with Crippen LogP contribution in [0.5, 0.6) is 0 Å². The second-order valence-corrected chi connectivity index (χ2v) is 49.5. The van der Waals surface area contributed by atoms with Crippen LogP contribution in [-0.4, -0.2) is 133 Å². The first kappa shape index (κ1) is 89.0. The van der Waals surface area contributed by atoms with Crippen LogP contribution in [-0.2, 0) is 0 Å². The number of benzene rings is 11. The molecule has 4 aliphatic heterocycles. The minimum atomic E-state index is -0.869. The summed E-state index contributed by atoms with van der Waals surface area (Å²) >= 11 is 2.25. The van der Waals surface area contributed by atoms with Gasteiger partial charge in [-0.1, -0.05) is 0 Å². The molecule has 0 bridgehead atoms. The number of Topliss-reactive ketones (excluding diaryl/α,β-unsaturated/α-hetero) is 8. The van der Waals surface area contributed by atoms with Crippen LogP contribution in [0, 0.1) is 0 Å². The first-order valence-corrected chi connectivity index (χ1v) is 58.5. The normalized spacial score (nSPS) is 13.9. The summed E-state index contributed by atoms with van der Waals surface area (Å²) in [4.78, 5) is 121. The topological polar surface area (TPSA) is 169 Å². The van der Waals surface area contributed by atoms with Crippen LogP contribution in [0.1, 0.15) is 97.2 Å². The van der Waals surface area contributed by atoms with Crippen molar-refractivity contribution < 1.29 is 38.4 Å². The molecule has 15 nitrogen and oxygen atoms in total. The molecule has 0 amide bonds. The Balaban J connectivity index is 0.0000000995. The summed E-state index contributed by atoms with van der Waals surface area (Å²) in [5.41, 5.74) is 29.6.